The molecule has 5 heteroatoms. The Morgan fingerprint density at radius 3 is 2.24 bits per heavy atom. The van der Waals surface area contributed by atoms with Gasteiger partial charge in [0.25, 0.3) is 0 Å². The van der Waals surface area contributed by atoms with Gasteiger partial charge < -0.3 is 18.9 Å². The third-order valence-electron chi connectivity index (χ3n) is 1.78. The Labute approximate surface area is 104 Å². The Kier molecular flexibility index (Phi) is 14.5. The summed E-state index contributed by atoms with van der Waals surface area (Å²) in [5.74, 6) is 0. The molecule has 0 aliphatic heterocycles. The molecule has 0 saturated carbocycles. The molecule has 0 amide bonds. The molecule has 0 spiro atoms. The van der Waals surface area contributed by atoms with Gasteiger partial charge in [-0.25, -0.2) is 4.79 Å². The summed E-state index contributed by atoms with van der Waals surface area (Å²) in [6.07, 6.45) is 0.0485. The zero-order chi connectivity index (χ0) is 13.7. The normalized spacial score (nSPS) is 13.1. The van der Waals surface area contributed by atoms with E-state index in [4.69, 9.17) is 9.47 Å². The van der Waals surface area contributed by atoms with E-state index in [1.165, 1.54) is 7.11 Å². The fourth-order valence-electron chi connectivity index (χ4n) is 0.757. The molecule has 0 heterocycles. The highest BCUT2D eigenvalue weighted by Gasteiger charge is 2.11. The van der Waals surface area contributed by atoms with Gasteiger partial charge >= 0.3 is 6.16 Å². The van der Waals surface area contributed by atoms with Crippen LogP contribution in [0.2, 0.25) is 0 Å². The molecule has 0 bridgehead atoms. The minimum Gasteiger partial charge on any atom is -0.429 e. The second kappa shape index (κ2) is 13.3. The first kappa shape index (κ1) is 18.6. The van der Waals surface area contributed by atoms with Crippen molar-refractivity contribution in [1.82, 2.24) is 0 Å². The number of rotatable bonds is 7. The highest BCUT2D eigenvalue weighted by atomic mass is 16.8. The summed E-state index contributed by atoms with van der Waals surface area (Å²) in [6.45, 7) is 10.0. The minimum atomic E-state index is -0.739. The van der Waals surface area contributed by atoms with Gasteiger partial charge in [-0.3, -0.25) is 0 Å². The molecule has 0 N–H and O–H groups in total. The lowest BCUT2D eigenvalue weighted by atomic mass is 10.3. The summed E-state index contributed by atoms with van der Waals surface area (Å²) in [6, 6.07) is 0. The zero-order valence-corrected chi connectivity index (χ0v) is 11.8. The molecule has 5 nitrogen and oxygen atoms in total. The number of ether oxygens (including phenoxy) is 4. The maximum atomic E-state index is 10.9. The molecule has 0 saturated heterocycles. The summed E-state index contributed by atoms with van der Waals surface area (Å²) in [5, 5.41) is 0. The third kappa shape index (κ3) is 13.1. The van der Waals surface area contributed by atoms with Crippen molar-refractivity contribution < 1.29 is 23.7 Å². The first-order valence-electron chi connectivity index (χ1n) is 6.04. The predicted octanol–water partition coefficient (Wildman–Crippen LogP) is 2.97. The molecule has 0 aliphatic rings. The van der Waals surface area contributed by atoms with Crippen LogP contribution in [-0.2, 0) is 18.9 Å². The van der Waals surface area contributed by atoms with Crippen molar-refractivity contribution in [1.29, 1.82) is 0 Å². The second-order valence-electron chi connectivity index (χ2n) is 3.28. The van der Waals surface area contributed by atoms with E-state index in [0.29, 0.717) is 6.61 Å². The number of hydrogen-bond acceptors (Lipinski definition) is 5. The predicted molar refractivity (Wildman–Crippen MR) is 66.0 cm³/mol. The van der Waals surface area contributed by atoms with Gasteiger partial charge in [-0.05, 0) is 20.3 Å². The van der Waals surface area contributed by atoms with Crippen LogP contribution in [0.3, 0.4) is 0 Å². The fraction of sp³-hybridized carbons (Fsp3) is 0.917. The van der Waals surface area contributed by atoms with E-state index >= 15 is 0 Å². The van der Waals surface area contributed by atoms with Gasteiger partial charge in [-0.15, -0.1) is 0 Å². The molecule has 0 aliphatic carbocycles. The van der Waals surface area contributed by atoms with Gasteiger partial charge in [0.1, 0.15) is 6.10 Å². The van der Waals surface area contributed by atoms with Crippen LogP contribution < -0.4 is 0 Å². The molecular formula is C12H26O5. The van der Waals surface area contributed by atoms with Crippen LogP contribution in [0.1, 0.15) is 41.0 Å². The van der Waals surface area contributed by atoms with Crippen LogP contribution in [0.15, 0.2) is 0 Å². The molecule has 0 aromatic carbocycles. The Hall–Kier alpha value is -0.810. The zero-order valence-electron chi connectivity index (χ0n) is 11.8. The van der Waals surface area contributed by atoms with Crippen LogP contribution in [0.5, 0.6) is 0 Å². The Morgan fingerprint density at radius 2 is 1.76 bits per heavy atom. The molecule has 17 heavy (non-hydrogen) atoms. The smallest absolute Gasteiger partial charge is 0.429 e. The lowest BCUT2D eigenvalue weighted by molar-refractivity contribution is -0.0588. The molecule has 0 rings (SSSR count). The topological polar surface area (TPSA) is 54.0 Å². The van der Waals surface area contributed by atoms with E-state index in [9.17, 15) is 4.79 Å². The number of methoxy groups -OCH3 is 1. The van der Waals surface area contributed by atoms with Crippen molar-refractivity contribution in [2.24, 2.45) is 0 Å². The Morgan fingerprint density at radius 1 is 1.18 bits per heavy atom. The molecule has 0 aromatic heterocycles. The SMILES string of the molecule is CC.CCC(C)OCC(C)OC(=O)OCOC. The van der Waals surface area contributed by atoms with E-state index in [2.05, 4.69) is 9.47 Å². The average Bonchev–Trinajstić information content (AvgIpc) is 2.35. The number of carbonyl (C=O) groups is 1. The van der Waals surface area contributed by atoms with Crippen LogP contribution in [-0.4, -0.2) is 38.9 Å². The molecular weight excluding hydrogens is 224 g/mol. The molecule has 0 fully saturated rings. The fourth-order valence-corrected chi connectivity index (χ4v) is 0.757. The van der Waals surface area contributed by atoms with Crippen LogP contribution >= 0.6 is 0 Å². The molecule has 2 unspecified atom stereocenters. The van der Waals surface area contributed by atoms with Crippen LogP contribution in [0.4, 0.5) is 4.79 Å². The van der Waals surface area contributed by atoms with E-state index in [1.807, 2.05) is 27.7 Å². The lowest BCUT2D eigenvalue weighted by Crippen LogP contribution is -2.23. The largest absolute Gasteiger partial charge is 0.510 e. The lowest BCUT2D eigenvalue weighted by Gasteiger charge is -2.16. The van der Waals surface area contributed by atoms with Crippen LogP contribution in [0, 0.1) is 0 Å². The Bertz CT molecular complexity index is 172. The summed E-state index contributed by atoms with van der Waals surface area (Å²) < 4.78 is 19.4. The first-order valence-corrected chi connectivity index (χ1v) is 6.04. The van der Waals surface area contributed by atoms with E-state index < -0.39 is 6.16 Å². The van der Waals surface area contributed by atoms with Gasteiger partial charge in [0.05, 0.1) is 12.7 Å². The van der Waals surface area contributed by atoms with E-state index in [0.717, 1.165) is 6.42 Å². The summed E-state index contributed by atoms with van der Waals surface area (Å²) >= 11 is 0. The standard InChI is InChI=1S/C10H20O5.C2H6/c1-5-8(2)13-6-9(3)15-10(11)14-7-12-4;1-2/h8-9H,5-7H2,1-4H3;1-2H3. The number of carbonyl (C=O) groups excluding carboxylic acids is 1. The number of hydrogen-bond donors (Lipinski definition) is 0. The first-order chi connectivity index (χ1) is 8.10. The average molecular weight is 250 g/mol. The highest BCUT2D eigenvalue weighted by Crippen LogP contribution is 2.01. The van der Waals surface area contributed by atoms with Crippen molar-refractivity contribution in [2.45, 2.75) is 53.2 Å². The van der Waals surface area contributed by atoms with Crippen molar-refractivity contribution in [2.75, 3.05) is 20.5 Å². The van der Waals surface area contributed by atoms with Gasteiger partial charge in [-0.2, -0.15) is 0 Å². The maximum absolute atomic E-state index is 10.9. The molecule has 0 aromatic rings. The van der Waals surface area contributed by atoms with Crippen molar-refractivity contribution in [3.63, 3.8) is 0 Å². The monoisotopic (exact) mass is 250 g/mol. The van der Waals surface area contributed by atoms with E-state index in [-0.39, 0.29) is 19.0 Å². The quantitative estimate of drug-likeness (QED) is 0.513. The van der Waals surface area contributed by atoms with Gasteiger partial charge in [-0.1, -0.05) is 20.8 Å². The third-order valence-corrected chi connectivity index (χ3v) is 1.78. The summed E-state index contributed by atoms with van der Waals surface area (Å²) in [4.78, 5) is 10.9. The van der Waals surface area contributed by atoms with Crippen molar-refractivity contribution >= 4 is 6.16 Å². The van der Waals surface area contributed by atoms with Gasteiger partial charge in [0.15, 0.2) is 6.79 Å². The molecule has 104 valence electrons. The van der Waals surface area contributed by atoms with Gasteiger partial charge in [0, 0.05) is 7.11 Å². The van der Waals surface area contributed by atoms with Crippen molar-refractivity contribution in [3.8, 4) is 0 Å². The van der Waals surface area contributed by atoms with Crippen LogP contribution in [0.25, 0.3) is 0 Å². The second-order valence-corrected chi connectivity index (χ2v) is 3.28. The van der Waals surface area contributed by atoms with Crippen molar-refractivity contribution in [3.05, 3.63) is 0 Å². The highest BCUT2D eigenvalue weighted by molar-refractivity contribution is 5.59. The summed E-state index contributed by atoms with van der Waals surface area (Å²) in [5.41, 5.74) is 0. The minimum absolute atomic E-state index is 0.0994. The maximum Gasteiger partial charge on any atom is 0.510 e. The Balaban J connectivity index is 0. The summed E-state index contributed by atoms with van der Waals surface area (Å²) in [7, 11) is 1.43. The molecule has 0 radical (unpaired) electrons. The van der Waals surface area contributed by atoms with E-state index in [1.54, 1.807) is 6.92 Å². The van der Waals surface area contributed by atoms with Gasteiger partial charge in [0.2, 0.25) is 0 Å². The molecule has 2 atom stereocenters.